The molecule has 88 valence electrons. The van der Waals surface area contributed by atoms with Gasteiger partial charge in [-0.3, -0.25) is 9.48 Å². The number of nitrogens with zero attached hydrogens (tertiary/aromatic N) is 3. The highest BCUT2D eigenvalue weighted by molar-refractivity contribution is 9.10. The van der Waals surface area contributed by atoms with Crippen molar-refractivity contribution in [1.82, 2.24) is 14.7 Å². The predicted octanol–water partition coefficient (Wildman–Crippen LogP) is 1.53. The van der Waals surface area contributed by atoms with Gasteiger partial charge in [0, 0.05) is 31.4 Å². The molecule has 1 aromatic rings. The van der Waals surface area contributed by atoms with Crippen LogP contribution in [-0.4, -0.2) is 32.0 Å². The first-order valence-electron chi connectivity index (χ1n) is 5.42. The van der Waals surface area contributed by atoms with Gasteiger partial charge in [-0.1, -0.05) is 15.9 Å². The molecular formula is C11H16BrN3O. The van der Waals surface area contributed by atoms with Crippen LogP contribution in [0.15, 0.2) is 0 Å². The molecule has 1 unspecified atom stereocenters. The highest BCUT2D eigenvalue weighted by Crippen LogP contribution is 2.22. The van der Waals surface area contributed by atoms with E-state index in [4.69, 9.17) is 0 Å². The van der Waals surface area contributed by atoms with Crippen molar-refractivity contribution in [2.45, 2.75) is 31.6 Å². The molecule has 5 heteroatoms. The Bertz CT molecular complexity index is 427. The topological polar surface area (TPSA) is 38.1 Å². The summed E-state index contributed by atoms with van der Waals surface area (Å²) in [7, 11) is 1.94. The van der Waals surface area contributed by atoms with Crippen LogP contribution in [0, 0.1) is 13.8 Å². The number of halogens is 1. The number of alkyl halides is 1. The van der Waals surface area contributed by atoms with Crippen LogP contribution in [0.2, 0.25) is 0 Å². The summed E-state index contributed by atoms with van der Waals surface area (Å²) in [6, 6.07) is 0. The average Bonchev–Trinajstić information content (AvgIpc) is 2.66. The third kappa shape index (κ3) is 1.88. The van der Waals surface area contributed by atoms with Crippen molar-refractivity contribution < 1.29 is 4.79 Å². The van der Waals surface area contributed by atoms with Gasteiger partial charge in [-0.15, -0.1) is 0 Å². The summed E-state index contributed by atoms with van der Waals surface area (Å²) in [6.45, 7) is 5.56. The van der Waals surface area contributed by atoms with Crippen molar-refractivity contribution in [3.63, 3.8) is 0 Å². The Morgan fingerprint density at radius 3 is 2.62 bits per heavy atom. The van der Waals surface area contributed by atoms with Crippen LogP contribution in [0.3, 0.4) is 0 Å². The molecule has 0 radical (unpaired) electrons. The fourth-order valence-corrected chi connectivity index (χ4v) is 2.59. The third-order valence-corrected chi connectivity index (χ3v) is 4.09. The first kappa shape index (κ1) is 11.6. The lowest BCUT2D eigenvalue weighted by atomic mass is 10.2. The van der Waals surface area contributed by atoms with Gasteiger partial charge in [0.05, 0.1) is 10.5 Å². The number of amides is 1. The molecule has 0 N–H and O–H groups in total. The molecule has 0 saturated carbocycles. The van der Waals surface area contributed by atoms with E-state index in [1.165, 1.54) is 5.56 Å². The Balaban J connectivity index is 2.18. The molecule has 2 rings (SSSR count). The average molecular weight is 286 g/mol. The largest absolute Gasteiger partial charge is 0.337 e. The number of carbonyl (C=O) groups is 1. The van der Waals surface area contributed by atoms with Gasteiger partial charge in [0.15, 0.2) is 0 Å². The molecule has 16 heavy (non-hydrogen) atoms. The number of carbonyl (C=O) groups excluding carboxylic acids is 1. The highest BCUT2D eigenvalue weighted by atomic mass is 79.9. The molecule has 1 atom stereocenters. The summed E-state index contributed by atoms with van der Waals surface area (Å²) in [5.74, 6) is 0.197. The van der Waals surface area contributed by atoms with Gasteiger partial charge < -0.3 is 4.90 Å². The number of rotatable bonds is 2. The van der Waals surface area contributed by atoms with Gasteiger partial charge in [-0.05, 0) is 20.3 Å². The number of hydrogen-bond acceptors (Lipinski definition) is 2. The zero-order valence-electron chi connectivity index (χ0n) is 9.83. The fraction of sp³-hybridized carbons (Fsp3) is 0.636. The summed E-state index contributed by atoms with van der Waals surface area (Å²) in [6.07, 6.45) is 0.900. The first-order valence-corrected chi connectivity index (χ1v) is 6.34. The monoisotopic (exact) mass is 285 g/mol. The summed E-state index contributed by atoms with van der Waals surface area (Å²) >= 11 is 3.39. The van der Waals surface area contributed by atoms with E-state index in [0.717, 1.165) is 24.4 Å². The van der Waals surface area contributed by atoms with Gasteiger partial charge in [-0.2, -0.15) is 5.10 Å². The lowest BCUT2D eigenvalue weighted by molar-refractivity contribution is -0.127. The van der Waals surface area contributed by atoms with Gasteiger partial charge in [-0.25, -0.2) is 0 Å². The van der Waals surface area contributed by atoms with Crippen molar-refractivity contribution in [2.24, 2.45) is 7.05 Å². The van der Waals surface area contributed by atoms with Crippen LogP contribution in [0.1, 0.15) is 23.4 Å². The van der Waals surface area contributed by atoms with Gasteiger partial charge in [0.25, 0.3) is 0 Å². The van der Waals surface area contributed by atoms with E-state index < -0.39 is 0 Å². The summed E-state index contributed by atoms with van der Waals surface area (Å²) in [5, 5.41) is 4.36. The molecule has 4 nitrogen and oxygen atoms in total. The van der Waals surface area contributed by atoms with Gasteiger partial charge >= 0.3 is 0 Å². The van der Waals surface area contributed by atoms with Crippen molar-refractivity contribution in [2.75, 3.05) is 6.54 Å². The number of aromatic nitrogens is 2. The molecule has 0 spiro atoms. The van der Waals surface area contributed by atoms with E-state index >= 15 is 0 Å². The van der Waals surface area contributed by atoms with Gasteiger partial charge in [0.1, 0.15) is 0 Å². The minimum absolute atomic E-state index is 0.00443. The van der Waals surface area contributed by atoms with E-state index in [9.17, 15) is 4.79 Å². The zero-order valence-corrected chi connectivity index (χ0v) is 11.4. The highest BCUT2D eigenvalue weighted by Gasteiger charge is 2.30. The lowest BCUT2D eigenvalue weighted by Gasteiger charge is -2.16. The summed E-state index contributed by atoms with van der Waals surface area (Å²) in [4.78, 5) is 13.7. The minimum Gasteiger partial charge on any atom is -0.337 e. The van der Waals surface area contributed by atoms with Crippen molar-refractivity contribution in [3.05, 3.63) is 17.0 Å². The maximum absolute atomic E-state index is 11.8. The lowest BCUT2D eigenvalue weighted by Crippen LogP contribution is -2.27. The Labute approximate surface area is 104 Å². The molecular weight excluding hydrogens is 270 g/mol. The maximum Gasteiger partial charge on any atom is 0.236 e. The number of hydrogen-bond donors (Lipinski definition) is 0. The van der Waals surface area contributed by atoms with E-state index in [2.05, 4.69) is 21.0 Å². The van der Waals surface area contributed by atoms with Crippen molar-refractivity contribution in [3.8, 4) is 0 Å². The van der Waals surface area contributed by atoms with E-state index in [0.29, 0.717) is 6.54 Å². The van der Waals surface area contributed by atoms with Crippen LogP contribution >= 0.6 is 15.9 Å². The van der Waals surface area contributed by atoms with Crippen LogP contribution in [0.5, 0.6) is 0 Å². The summed E-state index contributed by atoms with van der Waals surface area (Å²) in [5.41, 5.74) is 3.34. The van der Waals surface area contributed by atoms with Crippen LogP contribution in [0.25, 0.3) is 0 Å². The maximum atomic E-state index is 11.8. The predicted molar refractivity (Wildman–Crippen MR) is 65.4 cm³/mol. The smallest absolute Gasteiger partial charge is 0.236 e. The van der Waals surface area contributed by atoms with Gasteiger partial charge in [0.2, 0.25) is 5.91 Å². The SMILES string of the molecule is Cc1nn(C)c(C)c1CN1CCC(Br)C1=O. The fourth-order valence-electron chi connectivity index (χ4n) is 2.10. The molecule has 1 aromatic heterocycles. The second-order valence-corrected chi connectivity index (χ2v) is 5.39. The van der Waals surface area contributed by atoms with Crippen LogP contribution in [0.4, 0.5) is 0 Å². The second kappa shape index (κ2) is 4.20. The molecule has 1 aliphatic rings. The molecule has 0 aliphatic carbocycles. The number of aryl methyl sites for hydroxylation is 2. The molecule has 0 bridgehead atoms. The molecule has 1 saturated heterocycles. The first-order chi connectivity index (χ1) is 7.50. The molecule has 1 amide bonds. The Hall–Kier alpha value is -0.840. The Morgan fingerprint density at radius 2 is 2.19 bits per heavy atom. The minimum atomic E-state index is 0.00443. The third-order valence-electron chi connectivity index (χ3n) is 3.24. The summed E-state index contributed by atoms with van der Waals surface area (Å²) < 4.78 is 1.87. The van der Waals surface area contributed by atoms with Crippen LogP contribution in [-0.2, 0) is 18.4 Å². The van der Waals surface area contributed by atoms with E-state index in [1.54, 1.807) is 0 Å². The Morgan fingerprint density at radius 1 is 1.50 bits per heavy atom. The molecule has 2 heterocycles. The Kier molecular flexibility index (Phi) is 3.06. The normalized spacial score (nSPS) is 20.9. The van der Waals surface area contributed by atoms with E-state index in [1.807, 2.05) is 30.5 Å². The number of likely N-dealkylation sites (tertiary alicyclic amines) is 1. The van der Waals surface area contributed by atoms with Crippen molar-refractivity contribution in [1.29, 1.82) is 0 Å². The molecule has 1 fully saturated rings. The van der Waals surface area contributed by atoms with Crippen LogP contribution < -0.4 is 0 Å². The molecule has 0 aromatic carbocycles. The zero-order chi connectivity index (χ0) is 11.9. The standard InChI is InChI=1S/C11H16BrN3O/c1-7-9(8(2)14(3)13-7)6-15-5-4-10(12)11(15)16/h10H,4-6H2,1-3H3. The van der Waals surface area contributed by atoms with Crippen molar-refractivity contribution >= 4 is 21.8 Å². The quantitative estimate of drug-likeness (QED) is 0.773. The molecule has 1 aliphatic heterocycles. The van der Waals surface area contributed by atoms with E-state index in [-0.39, 0.29) is 10.7 Å². The second-order valence-electron chi connectivity index (χ2n) is 4.29.